The number of amides is 2. The first-order chi connectivity index (χ1) is 20.5. The lowest BCUT2D eigenvalue weighted by atomic mass is 9.99. The number of hydrogen-bond donors (Lipinski definition) is 4. The zero-order chi connectivity index (χ0) is 29.7. The van der Waals surface area contributed by atoms with Gasteiger partial charge < -0.3 is 35.1 Å². The lowest BCUT2D eigenvalue weighted by molar-refractivity contribution is -0.245. The van der Waals surface area contributed by atoms with Gasteiger partial charge in [-0.3, -0.25) is 4.79 Å². The number of thioether (sulfide) groups is 1. The lowest BCUT2D eigenvalue weighted by Crippen LogP contribution is -2.38. The molecule has 3 aromatic rings. The Kier molecular flexibility index (Phi) is 12.2. The van der Waals surface area contributed by atoms with E-state index in [0.29, 0.717) is 18.7 Å². The fourth-order valence-corrected chi connectivity index (χ4v) is 5.38. The van der Waals surface area contributed by atoms with Gasteiger partial charge >= 0.3 is 12.0 Å². The number of carbonyl (C=O) groups excluding carboxylic acids is 2. The molecule has 0 aromatic heterocycles. The third-order valence-electron chi connectivity index (χ3n) is 6.75. The third kappa shape index (κ3) is 9.30. The van der Waals surface area contributed by atoms with E-state index in [1.165, 1.54) is 0 Å². The molecule has 224 valence electrons. The SMILES string of the molecule is CCOC(=O)CNC(=O)NCc1cccc(-c2ccc([C@@H]3O[C@H](CSCCO)C[C@H](c4ccc(CO)cc4)O3)cc2)c1. The second kappa shape index (κ2) is 16.3. The molecular formula is C32H38N2O7S. The second-order valence-corrected chi connectivity index (χ2v) is 11.0. The molecule has 3 atom stereocenters. The van der Waals surface area contributed by atoms with Crippen LogP contribution in [0.1, 0.15) is 48.0 Å². The van der Waals surface area contributed by atoms with E-state index in [9.17, 15) is 19.8 Å². The van der Waals surface area contributed by atoms with E-state index in [0.717, 1.165) is 39.1 Å². The number of rotatable bonds is 13. The van der Waals surface area contributed by atoms with E-state index in [4.69, 9.17) is 14.2 Å². The summed E-state index contributed by atoms with van der Waals surface area (Å²) in [5.41, 5.74) is 5.72. The van der Waals surface area contributed by atoms with Crippen molar-refractivity contribution < 1.29 is 34.0 Å². The van der Waals surface area contributed by atoms with E-state index in [1.807, 2.05) is 72.8 Å². The molecule has 42 heavy (non-hydrogen) atoms. The summed E-state index contributed by atoms with van der Waals surface area (Å²) in [5.74, 6) is 0.930. The summed E-state index contributed by atoms with van der Waals surface area (Å²) >= 11 is 1.66. The Morgan fingerprint density at radius 2 is 1.69 bits per heavy atom. The van der Waals surface area contributed by atoms with Crippen LogP contribution in [0.5, 0.6) is 0 Å². The van der Waals surface area contributed by atoms with E-state index in [1.54, 1.807) is 18.7 Å². The molecule has 0 spiro atoms. The van der Waals surface area contributed by atoms with Crippen LogP contribution in [-0.2, 0) is 32.2 Å². The highest BCUT2D eigenvalue weighted by Gasteiger charge is 2.32. The maximum atomic E-state index is 12.0. The van der Waals surface area contributed by atoms with Crippen molar-refractivity contribution in [1.82, 2.24) is 10.6 Å². The van der Waals surface area contributed by atoms with Gasteiger partial charge in [-0.05, 0) is 40.8 Å². The number of carbonyl (C=O) groups is 2. The Labute approximate surface area is 250 Å². The van der Waals surface area contributed by atoms with Gasteiger partial charge in [-0.15, -0.1) is 0 Å². The van der Waals surface area contributed by atoms with Crippen LogP contribution in [0, 0.1) is 0 Å². The summed E-state index contributed by atoms with van der Waals surface area (Å²) in [6.45, 7) is 2.23. The molecule has 1 aliphatic heterocycles. The van der Waals surface area contributed by atoms with Gasteiger partial charge in [-0.2, -0.15) is 11.8 Å². The van der Waals surface area contributed by atoms with E-state index in [-0.39, 0.29) is 38.6 Å². The molecule has 0 aliphatic carbocycles. The zero-order valence-electron chi connectivity index (χ0n) is 23.7. The lowest BCUT2D eigenvalue weighted by Gasteiger charge is -2.36. The molecule has 0 saturated carbocycles. The molecule has 0 unspecified atom stereocenters. The van der Waals surface area contributed by atoms with Gasteiger partial charge in [0, 0.05) is 30.0 Å². The van der Waals surface area contributed by atoms with Crippen LogP contribution < -0.4 is 10.6 Å². The molecule has 10 heteroatoms. The number of urea groups is 1. The highest BCUT2D eigenvalue weighted by molar-refractivity contribution is 7.99. The van der Waals surface area contributed by atoms with Crippen molar-refractivity contribution in [1.29, 1.82) is 0 Å². The summed E-state index contributed by atoms with van der Waals surface area (Å²) in [6, 6.07) is 23.3. The van der Waals surface area contributed by atoms with E-state index >= 15 is 0 Å². The van der Waals surface area contributed by atoms with Gasteiger partial charge in [0.15, 0.2) is 6.29 Å². The number of hydrogen-bond acceptors (Lipinski definition) is 8. The van der Waals surface area contributed by atoms with Crippen molar-refractivity contribution in [3.8, 4) is 11.1 Å². The number of nitrogens with one attached hydrogen (secondary N) is 2. The summed E-state index contributed by atoms with van der Waals surface area (Å²) in [6.07, 6.45) is -0.0397. The third-order valence-corrected chi connectivity index (χ3v) is 7.83. The first-order valence-electron chi connectivity index (χ1n) is 14.0. The molecule has 0 radical (unpaired) electrons. The minimum atomic E-state index is -0.543. The predicted molar refractivity (Wildman–Crippen MR) is 162 cm³/mol. The molecule has 4 rings (SSSR count). The van der Waals surface area contributed by atoms with Gasteiger partial charge in [0.1, 0.15) is 6.54 Å². The summed E-state index contributed by atoms with van der Waals surface area (Å²) in [7, 11) is 0. The van der Waals surface area contributed by atoms with Gasteiger partial charge in [0.25, 0.3) is 0 Å². The van der Waals surface area contributed by atoms with Crippen LogP contribution in [-0.4, -0.2) is 59.6 Å². The Hall–Kier alpha value is -3.41. The molecule has 1 fully saturated rings. The zero-order valence-corrected chi connectivity index (χ0v) is 24.5. The fraction of sp³-hybridized carbons (Fsp3) is 0.375. The molecule has 1 heterocycles. The number of aliphatic hydroxyl groups is 2. The highest BCUT2D eigenvalue weighted by atomic mass is 32.2. The van der Waals surface area contributed by atoms with Crippen LogP contribution in [0.2, 0.25) is 0 Å². The fourth-order valence-electron chi connectivity index (χ4n) is 4.60. The van der Waals surface area contributed by atoms with Gasteiger partial charge in [0.05, 0.1) is 32.0 Å². The quantitative estimate of drug-likeness (QED) is 0.169. The van der Waals surface area contributed by atoms with Crippen molar-refractivity contribution >= 4 is 23.8 Å². The van der Waals surface area contributed by atoms with Gasteiger partial charge in [0.2, 0.25) is 0 Å². The Morgan fingerprint density at radius 1 is 0.929 bits per heavy atom. The van der Waals surface area contributed by atoms with Crippen LogP contribution in [0.25, 0.3) is 11.1 Å². The van der Waals surface area contributed by atoms with Crippen LogP contribution in [0.15, 0.2) is 72.8 Å². The summed E-state index contributed by atoms with van der Waals surface area (Å²) in [4.78, 5) is 23.5. The van der Waals surface area contributed by atoms with Crippen molar-refractivity contribution in [2.45, 2.75) is 45.0 Å². The Balaban J connectivity index is 1.41. The monoisotopic (exact) mass is 594 g/mol. The van der Waals surface area contributed by atoms with Crippen LogP contribution in [0.3, 0.4) is 0 Å². The first-order valence-corrected chi connectivity index (χ1v) is 15.2. The van der Waals surface area contributed by atoms with Crippen molar-refractivity contribution in [3.05, 3.63) is 95.1 Å². The maximum Gasteiger partial charge on any atom is 0.325 e. The average molecular weight is 595 g/mol. The standard InChI is InChI=1S/C32H38N2O7S/c1-2-39-30(37)19-34-32(38)33-18-23-4-3-5-27(16-23)24-10-12-26(13-11-24)31-40-28(21-42-15-14-35)17-29(41-31)25-8-6-22(20-36)7-9-25/h3-13,16,28-29,31,35-36H,2,14-15,17-21H2,1H3,(H2,33,34,38)/t28-,29+,31+/m0/s1. The molecule has 1 saturated heterocycles. The number of ether oxygens (including phenoxy) is 3. The molecule has 3 aromatic carbocycles. The van der Waals surface area contributed by atoms with Crippen molar-refractivity contribution in [2.24, 2.45) is 0 Å². The number of esters is 1. The smallest absolute Gasteiger partial charge is 0.325 e. The molecule has 2 amide bonds. The minimum Gasteiger partial charge on any atom is -0.465 e. The molecular weight excluding hydrogens is 556 g/mol. The second-order valence-electron chi connectivity index (χ2n) is 9.81. The number of benzene rings is 3. The Morgan fingerprint density at radius 3 is 2.40 bits per heavy atom. The molecule has 9 nitrogen and oxygen atoms in total. The van der Waals surface area contributed by atoms with Crippen LogP contribution in [0.4, 0.5) is 4.79 Å². The van der Waals surface area contributed by atoms with Gasteiger partial charge in [-0.25, -0.2) is 4.79 Å². The largest absolute Gasteiger partial charge is 0.465 e. The highest BCUT2D eigenvalue weighted by Crippen LogP contribution is 2.39. The normalized spacial score (nSPS) is 18.3. The summed E-state index contributed by atoms with van der Waals surface area (Å²) < 4.78 is 17.6. The number of aliphatic hydroxyl groups excluding tert-OH is 2. The van der Waals surface area contributed by atoms with Crippen LogP contribution >= 0.6 is 11.8 Å². The van der Waals surface area contributed by atoms with E-state index < -0.39 is 18.3 Å². The molecule has 0 bridgehead atoms. The average Bonchev–Trinajstić information content (AvgIpc) is 3.03. The molecule has 4 N–H and O–H groups in total. The maximum absolute atomic E-state index is 12.0. The minimum absolute atomic E-state index is 0.00378. The molecule has 1 aliphatic rings. The van der Waals surface area contributed by atoms with Crippen molar-refractivity contribution in [3.63, 3.8) is 0 Å². The Bertz CT molecular complexity index is 1290. The first kappa shape index (κ1) is 31.5. The van der Waals surface area contributed by atoms with E-state index in [2.05, 4.69) is 10.6 Å². The predicted octanol–water partition coefficient (Wildman–Crippen LogP) is 4.48. The topological polar surface area (TPSA) is 126 Å². The van der Waals surface area contributed by atoms with Gasteiger partial charge in [-0.1, -0.05) is 66.7 Å². The van der Waals surface area contributed by atoms with Crippen molar-refractivity contribution in [2.75, 3.05) is 31.3 Å². The summed E-state index contributed by atoms with van der Waals surface area (Å²) in [5, 5.41) is 23.9.